The lowest BCUT2D eigenvalue weighted by atomic mass is 10.1. The first-order valence-corrected chi connectivity index (χ1v) is 7.90. The smallest absolute Gasteiger partial charge is 0.290 e. The molecule has 1 aromatic carbocycles. The van der Waals surface area contributed by atoms with E-state index in [-0.39, 0.29) is 34.8 Å². The van der Waals surface area contributed by atoms with E-state index in [1.54, 1.807) is 0 Å². The average molecular weight is 356 g/mol. The van der Waals surface area contributed by atoms with Gasteiger partial charge >= 0.3 is 0 Å². The second-order valence-corrected chi connectivity index (χ2v) is 6.75. The van der Waals surface area contributed by atoms with Crippen LogP contribution in [0.5, 0.6) is 0 Å². The maximum Gasteiger partial charge on any atom is 0.290 e. The van der Waals surface area contributed by atoms with E-state index in [2.05, 4.69) is 10.0 Å². The minimum atomic E-state index is -3.92. The summed E-state index contributed by atoms with van der Waals surface area (Å²) in [7, 11) is -3.92. The number of sulfonamides is 1. The molecule has 0 aliphatic carbocycles. The summed E-state index contributed by atoms with van der Waals surface area (Å²) in [6.07, 6.45) is 0.880. The van der Waals surface area contributed by atoms with Crippen molar-refractivity contribution in [1.82, 2.24) is 10.0 Å². The van der Waals surface area contributed by atoms with Crippen LogP contribution in [0.15, 0.2) is 23.1 Å². The van der Waals surface area contributed by atoms with Crippen molar-refractivity contribution in [1.29, 1.82) is 0 Å². The molecule has 118 valence electrons. The van der Waals surface area contributed by atoms with Gasteiger partial charge in [0.1, 0.15) is 0 Å². The number of hydrogen-bond donors (Lipinski definition) is 2. The molecule has 10 heteroatoms. The minimum absolute atomic E-state index is 0. The number of benzene rings is 1. The average Bonchev–Trinajstić information content (AvgIpc) is 2.89. The molecule has 1 saturated heterocycles. The maximum absolute atomic E-state index is 12.1. The predicted molar refractivity (Wildman–Crippen MR) is 81.5 cm³/mol. The molecule has 1 aliphatic rings. The summed E-state index contributed by atoms with van der Waals surface area (Å²) < 4.78 is 26.7. The van der Waals surface area contributed by atoms with Crippen molar-refractivity contribution in [3.05, 3.63) is 33.3 Å². The second-order valence-electron chi connectivity index (χ2n) is 4.58. The monoisotopic (exact) mass is 355 g/mol. The molecule has 1 aliphatic heterocycles. The summed E-state index contributed by atoms with van der Waals surface area (Å²) in [6, 6.07) is 3.50. The lowest BCUT2D eigenvalue weighted by molar-refractivity contribution is -0.387. The van der Waals surface area contributed by atoms with E-state index >= 15 is 0 Å². The van der Waals surface area contributed by atoms with Gasteiger partial charge in [0.25, 0.3) is 5.69 Å². The summed E-state index contributed by atoms with van der Waals surface area (Å²) in [5, 5.41) is 14.2. The Morgan fingerprint density at radius 1 is 1.48 bits per heavy atom. The zero-order valence-electron chi connectivity index (χ0n) is 10.9. The zero-order chi connectivity index (χ0) is 14.8. The standard InChI is InChI=1S/C11H14ClN3O4S.ClH/c12-9-1-2-11(10(5-9)15(16)17)20(18,19)14-7-8-3-4-13-6-8;/h1-2,5,8,13-14H,3-4,6-7H2;1H. The van der Waals surface area contributed by atoms with Gasteiger partial charge in [-0.15, -0.1) is 12.4 Å². The molecule has 0 amide bonds. The predicted octanol–water partition coefficient (Wildman–Crippen LogP) is 1.56. The van der Waals surface area contributed by atoms with E-state index < -0.39 is 20.6 Å². The molecule has 1 fully saturated rings. The summed E-state index contributed by atoms with van der Waals surface area (Å²) in [6.45, 7) is 1.85. The number of hydrogen-bond acceptors (Lipinski definition) is 5. The van der Waals surface area contributed by atoms with Crippen LogP contribution in [0, 0.1) is 16.0 Å². The molecule has 1 atom stereocenters. The second kappa shape index (κ2) is 7.37. The molecule has 0 spiro atoms. The van der Waals surface area contributed by atoms with E-state index in [9.17, 15) is 18.5 Å². The minimum Gasteiger partial charge on any atom is -0.316 e. The Hall–Kier alpha value is -0.930. The van der Waals surface area contributed by atoms with Gasteiger partial charge in [-0.3, -0.25) is 10.1 Å². The molecular formula is C11H15Cl2N3O4S. The lowest BCUT2D eigenvalue weighted by Gasteiger charge is -2.11. The van der Waals surface area contributed by atoms with Crippen LogP contribution in [0.3, 0.4) is 0 Å². The number of nitrogens with zero attached hydrogens (tertiary/aromatic N) is 1. The highest BCUT2D eigenvalue weighted by Gasteiger charge is 2.27. The molecule has 1 aromatic rings. The molecule has 2 rings (SSSR count). The molecule has 0 aromatic heterocycles. The number of halogens is 2. The first-order valence-electron chi connectivity index (χ1n) is 6.04. The van der Waals surface area contributed by atoms with Crippen LogP contribution in [0.2, 0.25) is 5.02 Å². The summed E-state index contributed by atoms with van der Waals surface area (Å²) in [5.74, 6) is 0.205. The van der Waals surface area contributed by atoms with E-state index in [1.807, 2.05) is 0 Å². The van der Waals surface area contributed by atoms with Crippen molar-refractivity contribution in [2.24, 2.45) is 5.92 Å². The molecule has 7 nitrogen and oxygen atoms in total. The normalized spacial score (nSPS) is 18.2. The van der Waals surface area contributed by atoms with Crippen LogP contribution in [0.1, 0.15) is 6.42 Å². The van der Waals surface area contributed by atoms with Crippen LogP contribution in [-0.4, -0.2) is 33.0 Å². The lowest BCUT2D eigenvalue weighted by Crippen LogP contribution is -2.30. The SMILES string of the molecule is Cl.O=[N+]([O-])c1cc(Cl)ccc1S(=O)(=O)NCC1CCNC1. The molecule has 0 bridgehead atoms. The van der Waals surface area contributed by atoms with Crippen molar-refractivity contribution >= 4 is 39.7 Å². The van der Waals surface area contributed by atoms with Crippen LogP contribution >= 0.6 is 24.0 Å². The maximum atomic E-state index is 12.1. The quantitative estimate of drug-likeness (QED) is 0.616. The first-order chi connectivity index (χ1) is 9.40. The molecule has 21 heavy (non-hydrogen) atoms. The Bertz CT molecular complexity index is 618. The van der Waals surface area contributed by atoms with Gasteiger partial charge in [-0.25, -0.2) is 13.1 Å². The fraction of sp³-hybridized carbons (Fsp3) is 0.455. The third-order valence-electron chi connectivity index (χ3n) is 3.13. The fourth-order valence-electron chi connectivity index (χ4n) is 2.05. The van der Waals surface area contributed by atoms with E-state index in [0.29, 0.717) is 0 Å². The van der Waals surface area contributed by atoms with Gasteiger partial charge in [-0.2, -0.15) is 0 Å². The van der Waals surface area contributed by atoms with Crippen molar-refractivity contribution in [3.8, 4) is 0 Å². The summed E-state index contributed by atoms with van der Waals surface area (Å²) in [4.78, 5) is 9.81. The highest BCUT2D eigenvalue weighted by Crippen LogP contribution is 2.27. The van der Waals surface area contributed by atoms with Crippen molar-refractivity contribution in [2.45, 2.75) is 11.3 Å². The molecule has 0 radical (unpaired) electrons. The highest BCUT2D eigenvalue weighted by molar-refractivity contribution is 7.89. The number of nitro groups is 1. The van der Waals surface area contributed by atoms with Crippen LogP contribution < -0.4 is 10.0 Å². The summed E-state index contributed by atoms with van der Waals surface area (Å²) in [5.41, 5.74) is -0.519. The topological polar surface area (TPSA) is 101 Å². The van der Waals surface area contributed by atoms with Gasteiger partial charge in [-0.1, -0.05) is 11.6 Å². The van der Waals surface area contributed by atoms with Crippen molar-refractivity contribution < 1.29 is 13.3 Å². The van der Waals surface area contributed by atoms with Crippen molar-refractivity contribution in [3.63, 3.8) is 0 Å². The number of nitrogens with one attached hydrogen (secondary N) is 2. The van der Waals surface area contributed by atoms with Crippen LogP contribution in [0.4, 0.5) is 5.69 Å². The molecule has 1 unspecified atom stereocenters. The third-order valence-corrected chi connectivity index (χ3v) is 4.84. The van der Waals surface area contributed by atoms with E-state index in [0.717, 1.165) is 31.6 Å². The first kappa shape index (κ1) is 18.1. The Morgan fingerprint density at radius 2 is 2.19 bits per heavy atom. The van der Waals surface area contributed by atoms with Crippen LogP contribution in [-0.2, 0) is 10.0 Å². The zero-order valence-corrected chi connectivity index (χ0v) is 13.3. The molecule has 1 heterocycles. The van der Waals surface area contributed by atoms with Gasteiger partial charge in [-0.05, 0) is 37.6 Å². The molecule has 0 saturated carbocycles. The van der Waals surface area contributed by atoms with Gasteiger partial charge < -0.3 is 5.32 Å². The Morgan fingerprint density at radius 3 is 2.76 bits per heavy atom. The number of rotatable bonds is 5. The highest BCUT2D eigenvalue weighted by atomic mass is 35.5. The third kappa shape index (κ3) is 4.52. The Labute approximate surface area is 133 Å². The number of nitro benzene ring substituents is 1. The van der Waals surface area contributed by atoms with E-state index in [4.69, 9.17) is 11.6 Å². The summed E-state index contributed by atoms with van der Waals surface area (Å²) >= 11 is 5.66. The fourth-order valence-corrected chi connectivity index (χ4v) is 3.49. The van der Waals surface area contributed by atoms with Crippen molar-refractivity contribution in [2.75, 3.05) is 19.6 Å². The molecule has 2 N–H and O–H groups in total. The molecular weight excluding hydrogens is 341 g/mol. The Balaban J connectivity index is 0.00000220. The van der Waals surface area contributed by atoms with Crippen LogP contribution in [0.25, 0.3) is 0 Å². The van der Waals surface area contributed by atoms with Gasteiger partial charge in [0, 0.05) is 17.6 Å². The van der Waals surface area contributed by atoms with Gasteiger partial charge in [0.2, 0.25) is 10.0 Å². The van der Waals surface area contributed by atoms with E-state index in [1.165, 1.54) is 6.07 Å². The largest absolute Gasteiger partial charge is 0.316 e. The Kier molecular flexibility index (Phi) is 6.36. The van der Waals surface area contributed by atoms with Gasteiger partial charge in [0.15, 0.2) is 4.90 Å². The van der Waals surface area contributed by atoms with Gasteiger partial charge in [0.05, 0.1) is 4.92 Å².